The van der Waals surface area contributed by atoms with Crippen LogP contribution < -0.4 is 5.73 Å². The van der Waals surface area contributed by atoms with Crippen LogP contribution in [-0.2, 0) is 0 Å². The van der Waals surface area contributed by atoms with E-state index in [0.717, 1.165) is 10.6 Å². The second kappa shape index (κ2) is 5.75. The van der Waals surface area contributed by atoms with E-state index >= 15 is 0 Å². The summed E-state index contributed by atoms with van der Waals surface area (Å²) in [7, 11) is 0. The summed E-state index contributed by atoms with van der Waals surface area (Å²) in [4.78, 5) is 0. The molecule has 4 heteroatoms. The zero-order valence-corrected chi connectivity index (χ0v) is 13.0. The molecule has 1 aliphatic carbocycles. The van der Waals surface area contributed by atoms with Crippen LogP contribution in [0.5, 0.6) is 0 Å². The van der Waals surface area contributed by atoms with Crippen molar-refractivity contribution in [2.24, 2.45) is 5.73 Å². The van der Waals surface area contributed by atoms with Gasteiger partial charge in [0.05, 0.1) is 26.0 Å². The van der Waals surface area contributed by atoms with E-state index in [1.54, 1.807) is 11.8 Å². The van der Waals surface area contributed by atoms with Crippen molar-refractivity contribution in [3.63, 3.8) is 0 Å². The highest BCUT2D eigenvalue weighted by molar-refractivity contribution is 8.20. The maximum Gasteiger partial charge on any atom is 0.0990 e. The maximum absolute atomic E-state index is 9.47. The number of rotatable bonds is 1. The highest BCUT2D eigenvalue weighted by atomic mass is 32.2. The first kappa shape index (κ1) is 13.9. The lowest BCUT2D eigenvalue weighted by atomic mass is 9.99. The molecule has 1 spiro atoms. The van der Waals surface area contributed by atoms with Gasteiger partial charge in [0.2, 0.25) is 0 Å². The minimum Gasteiger partial charge on any atom is -0.393 e. The van der Waals surface area contributed by atoms with Gasteiger partial charge in [0.15, 0.2) is 0 Å². The SMILES string of the molecule is N#CC1=C(N)SC2(CCCCC2)S[C@H]1c1ccccc1. The average Bonchev–Trinajstić information content (AvgIpc) is 2.48. The molecule has 0 amide bonds. The minimum atomic E-state index is 0.0977. The van der Waals surface area contributed by atoms with Gasteiger partial charge >= 0.3 is 0 Å². The minimum absolute atomic E-state index is 0.0977. The van der Waals surface area contributed by atoms with Crippen LogP contribution in [0.2, 0.25) is 0 Å². The van der Waals surface area contributed by atoms with Crippen LogP contribution in [0.15, 0.2) is 40.9 Å². The van der Waals surface area contributed by atoms with E-state index < -0.39 is 0 Å². The number of nitriles is 1. The molecule has 1 atom stereocenters. The van der Waals surface area contributed by atoms with E-state index in [0.29, 0.717) is 0 Å². The largest absolute Gasteiger partial charge is 0.393 e. The Morgan fingerprint density at radius 1 is 1.15 bits per heavy atom. The lowest BCUT2D eigenvalue weighted by Crippen LogP contribution is -2.30. The van der Waals surface area contributed by atoms with Crippen LogP contribution in [-0.4, -0.2) is 4.08 Å². The van der Waals surface area contributed by atoms with Gasteiger partial charge in [-0.25, -0.2) is 0 Å². The Hall–Kier alpha value is -1.05. The molecule has 2 N–H and O–H groups in total. The van der Waals surface area contributed by atoms with Crippen molar-refractivity contribution >= 4 is 23.5 Å². The number of nitrogens with two attached hydrogens (primary N) is 1. The lowest BCUT2D eigenvalue weighted by molar-refractivity contribution is 0.489. The Morgan fingerprint density at radius 3 is 2.50 bits per heavy atom. The quantitative estimate of drug-likeness (QED) is 0.826. The van der Waals surface area contributed by atoms with Crippen molar-refractivity contribution in [3.05, 3.63) is 46.5 Å². The van der Waals surface area contributed by atoms with Crippen molar-refractivity contribution in [1.82, 2.24) is 0 Å². The number of benzene rings is 1. The van der Waals surface area contributed by atoms with Gasteiger partial charge < -0.3 is 5.73 Å². The summed E-state index contributed by atoms with van der Waals surface area (Å²) in [6.07, 6.45) is 6.27. The maximum atomic E-state index is 9.47. The van der Waals surface area contributed by atoms with E-state index in [1.807, 2.05) is 30.0 Å². The molecule has 104 valence electrons. The van der Waals surface area contributed by atoms with Crippen molar-refractivity contribution in [3.8, 4) is 6.07 Å². The molecule has 3 rings (SSSR count). The summed E-state index contributed by atoms with van der Waals surface area (Å²) in [5.74, 6) is 0. The highest BCUT2D eigenvalue weighted by Crippen LogP contribution is 2.60. The number of nitrogens with zero attached hydrogens (tertiary/aromatic N) is 1. The van der Waals surface area contributed by atoms with Gasteiger partial charge in [-0.3, -0.25) is 0 Å². The molecule has 0 unspecified atom stereocenters. The molecule has 0 saturated heterocycles. The van der Waals surface area contributed by atoms with E-state index in [2.05, 4.69) is 18.2 Å². The molecule has 1 fully saturated rings. The van der Waals surface area contributed by atoms with Gasteiger partial charge in [0, 0.05) is 0 Å². The number of hydrogen-bond acceptors (Lipinski definition) is 4. The van der Waals surface area contributed by atoms with Crippen LogP contribution >= 0.6 is 23.5 Å². The first-order valence-electron chi connectivity index (χ1n) is 7.06. The highest BCUT2D eigenvalue weighted by Gasteiger charge is 2.42. The number of hydrogen-bond donors (Lipinski definition) is 1. The fourth-order valence-corrected chi connectivity index (χ4v) is 6.51. The third kappa shape index (κ3) is 2.57. The van der Waals surface area contributed by atoms with Crippen molar-refractivity contribution < 1.29 is 0 Å². The third-order valence-corrected chi connectivity index (χ3v) is 7.33. The standard InChI is InChI=1S/C16H18N2S2/c17-11-13-14(12-7-3-1-4-8-12)19-16(20-15(13)18)9-5-2-6-10-16/h1,3-4,7-8,14H,2,5-6,9-10,18H2/t14-/m0/s1. The predicted molar refractivity (Wildman–Crippen MR) is 87.0 cm³/mol. The molecule has 0 bridgehead atoms. The Labute approximate surface area is 128 Å². The van der Waals surface area contributed by atoms with Gasteiger partial charge in [-0.2, -0.15) is 5.26 Å². The Balaban J connectivity index is 1.98. The fourth-order valence-electron chi connectivity index (χ4n) is 2.97. The van der Waals surface area contributed by atoms with Gasteiger partial charge in [-0.1, -0.05) is 61.4 Å². The van der Waals surface area contributed by atoms with E-state index in [4.69, 9.17) is 5.73 Å². The van der Waals surface area contributed by atoms with E-state index in [9.17, 15) is 5.26 Å². The first-order chi connectivity index (χ1) is 9.74. The smallest absolute Gasteiger partial charge is 0.0990 e. The van der Waals surface area contributed by atoms with Gasteiger partial charge in [0.25, 0.3) is 0 Å². The van der Waals surface area contributed by atoms with E-state index in [1.165, 1.54) is 37.7 Å². The molecule has 1 heterocycles. The molecule has 20 heavy (non-hydrogen) atoms. The predicted octanol–water partition coefficient (Wildman–Crippen LogP) is 4.56. The van der Waals surface area contributed by atoms with Crippen LogP contribution in [0, 0.1) is 11.3 Å². The zero-order valence-electron chi connectivity index (χ0n) is 11.3. The average molecular weight is 302 g/mol. The second-order valence-electron chi connectivity index (χ2n) is 5.37. The van der Waals surface area contributed by atoms with Gasteiger partial charge in [-0.15, -0.1) is 11.8 Å². The van der Waals surface area contributed by atoms with E-state index in [-0.39, 0.29) is 9.33 Å². The summed E-state index contributed by atoms with van der Waals surface area (Å²) in [5.41, 5.74) is 8.16. The third-order valence-electron chi connectivity index (χ3n) is 3.99. The number of thioether (sulfide) groups is 2. The second-order valence-corrected chi connectivity index (χ2v) is 8.54. The lowest BCUT2D eigenvalue weighted by Gasteiger charge is -2.42. The summed E-state index contributed by atoms with van der Waals surface area (Å²) >= 11 is 3.69. The summed E-state index contributed by atoms with van der Waals surface area (Å²) in [5, 5.41) is 10.3. The van der Waals surface area contributed by atoms with Gasteiger partial charge in [-0.05, 0) is 18.4 Å². The molecule has 0 radical (unpaired) electrons. The Kier molecular flexibility index (Phi) is 4.00. The topological polar surface area (TPSA) is 49.8 Å². The molecule has 0 aromatic heterocycles. The van der Waals surface area contributed by atoms with Crippen LogP contribution in [0.4, 0.5) is 0 Å². The monoisotopic (exact) mass is 302 g/mol. The molecule has 2 aliphatic rings. The molecule has 1 aromatic rings. The van der Waals surface area contributed by atoms with Crippen LogP contribution in [0.25, 0.3) is 0 Å². The van der Waals surface area contributed by atoms with Crippen molar-refractivity contribution in [2.45, 2.75) is 41.4 Å². The van der Waals surface area contributed by atoms with Crippen LogP contribution in [0.3, 0.4) is 0 Å². The molecule has 1 saturated carbocycles. The summed E-state index contributed by atoms with van der Waals surface area (Å²) in [6.45, 7) is 0. The van der Waals surface area contributed by atoms with Crippen molar-refractivity contribution in [2.75, 3.05) is 0 Å². The molecular formula is C16H18N2S2. The first-order valence-corrected chi connectivity index (χ1v) is 8.75. The molecular weight excluding hydrogens is 284 g/mol. The Morgan fingerprint density at radius 2 is 1.85 bits per heavy atom. The summed E-state index contributed by atoms with van der Waals surface area (Å²) < 4.78 is 0.184. The van der Waals surface area contributed by atoms with Gasteiger partial charge in [0.1, 0.15) is 0 Å². The molecule has 2 nitrogen and oxygen atoms in total. The Bertz CT molecular complexity index is 554. The van der Waals surface area contributed by atoms with Crippen LogP contribution in [0.1, 0.15) is 42.9 Å². The normalized spacial score (nSPS) is 25.4. The summed E-state index contributed by atoms with van der Waals surface area (Å²) in [6, 6.07) is 12.6. The fraction of sp³-hybridized carbons (Fsp3) is 0.438. The molecule has 1 aromatic carbocycles. The zero-order chi connectivity index (χ0) is 14.0. The molecule has 1 aliphatic heterocycles. The van der Waals surface area contributed by atoms with Crippen molar-refractivity contribution in [1.29, 1.82) is 5.26 Å².